The van der Waals surface area contributed by atoms with E-state index in [1.807, 2.05) is 37.3 Å². The quantitative estimate of drug-likeness (QED) is 0.467. The molecule has 0 aromatic heterocycles. The van der Waals surface area contributed by atoms with Crippen molar-refractivity contribution < 1.29 is 19.1 Å². The van der Waals surface area contributed by atoms with Crippen molar-refractivity contribution in [3.05, 3.63) is 65.2 Å². The maximum absolute atomic E-state index is 11.9. The molecule has 120 valence electrons. The summed E-state index contributed by atoms with van der Waals surface area (Å²) in [5, 5.41) is 3.76. The highest BCUT2D eigenvalue weighted by Crippen LogP contribution is 2.22. The van der Waals surface area contributed by atoms with Gasteiger partial charge in [0.1, 0.15) is 19.5 Å². The number of oxime groups is 1. The van der Waals surface area contributed by atoms with E-state index in [1.165, 1.54) is 14.2 Å². The highest BCUT2D eigenvalue weighted by Gasteiger charge is 2.20. The fraction of sp³-hybridized carbons (Fsp3) is 0.222. The molecule has 23 heavy (non-hydrogen) atoms. The van der Waals surface area contributed by atoms with Gasteiger partial charge in [-0.05, 0) is 30.2 Å². The molecule has 2 aromatic rings. The van der Waals surface area contributed by atoms with Gasteiger partial charge in [-0.25, -0.2) is 4.79 Å². The monoisotopic (exact) mass is 313 g/mol. The molecule has 0 aliphatic heterocycles. The lowest BCUT2D eigenvalue weighted by molar-refractivity contribution is -0.132. The number of esters is 1. The molecule has 0 saturated carbocycles. The van der Waals surface area contributed by atoms with Crippen LogP contribution in [0.3, 0.4) is 0 Å². The van der Waals surface area contributed by atoms with Crippen LogP contribution in [0.2, 0.25) is 0 Å². The molecule has 0 atom stereocenters. The summed E-state index contributed by atoms with van der Waals surface area (Å²) in [5.41, 5.74) is 2.81. The number of nitrogens with zero attached hydrogens (tertiary/aromatic N) is 1. The fourth-order valence-electron chi connectivity index (χ4n) is 2.10. The van der Waals surface area contributed by atoms with E-state index in [9.17, 15) is 4.79 Å². The first-order valence-corrected chi connectivity index (χ1v) is 7.13. The Morgan fingerprint density at radius 3 is 2.43 bits per heavy atom. The highest BCUT2D eigenvalue weighted by molar-refractivity contribution is 6.43. The van der Waals surface area contributed by atoms with Gasteiger partial charge < -0.3 is 14.3 Å². The lowest BCUT2D eigenvalue weighted by Crippen LogP contribution is -2.18. The number of benzene rings is 2. The highest BCUT2D eigenvalue weighted by atomic mass is 16.6. The molecule has 5 nitrogen and oxygen atoms in total. The van der Waals surface area contributed by atoms with Gasteiger partial charge in [-0.15, -0.1) is 0 Å². The molecule has 0 N–H and O–H groups in total. The van der Waals surface area contributed by atoms with Gasteiger partial charge in [-0.1, -0.05) is 41.6 Å². The van der Waals surface area contributed by atoms with Crippen molar-refractivity contribution in [2.24, 2.45) is 5.16 Å². The Morgan fingerprint density at radius 1 is 1.04 bits per heavy atom. The second-order valence-electron chi connectivity index (χ2n) is 4.83. The molecule has 2 rings (SSSR count). The van der Waals surface area contributed by atoms with Gasteiger partial charge in [-0.3, -0.25) is 0 Å². The molecule has 0 fully saturated rings. The number of hydrogen-bond donors (Lipinski definition) is 0. The first-order valence-electron chi connectivity index (χ1n) is 7.13. The van der Waals surface area contributed by atoms with E-state index in [0.29, 0.717) is 17.9 Å². The Labute approximate surface area is 135 Å². The normalized spacial score (nSPS) is 11.0. The lowest BCUT2D eigenvalue weighted by atomic mass is 10.1. The van der Waals surface area contributed by atoms with Crippen LogP contribution in [0.5, 0.6) is 5.75 Å². The molecule has 0 radical (unpaired) electrons. The largest absolute Gasteiger partial charge is 0.488 e. The Hall–Kier alpha value is -2.82. The number of rotatable bonds is 6. The van der Waals surface area contributed by atoms with Crippen LogP contribution in [0.4, 0.5) is 0 Å². The Kier molecular flexibility index (Phi) is 5.74. The first-order chi connectivity index (χ1) is 11.2. The van der Waals surface area contributed by atoms with Crippen molar-refractivity contribution in [1.82, 2.24) is 0 Å². The van der Waals surface area contributed by atoms with Gasteiger partial charge in [0, 0.05) is 0 Å². The zero-order chi connectivity index (χ0) is 16.7. The van der Waals surface area contributed by atoms with Crippen LogP contribution in [0.15, 0.2) is 53.7 Å². The molecule has 0 amide bonds. The van der Waals surface area contributed by atoms with Crippen LogP contribution < -0.4 is 4.74 Å². The number of carbonyl (C=O) groups is 1. The summed E-state index contributed by atoms with van der Waals surface area (Å²) < 4.78 is 10.6. The van der Waals surface area contributed by atoms with E-state index in [1.54, 1.807) is 18.2 Å². The molecule has 0 spiro atoms. The van der Waals surface area contributed by atoms with E-state index < -0.39 is 5.97 Å². The van der Waals surface area contributed by atoms with Gasteiger partial charge in [0.25, 0.3) is 0 Å². The molecular weight excluding hydrogens is 294 g/mol. The summed E-state index contributed by atoms with van der Waals surface area (Å²) >= 11 is 0. The Morgan fingerprint density at radius 2 is 1.74 bits per heavy atom. The van der Waals surface area contributed by atoms with E-state index in [2.05, 4.69) is 5.16 Å². The summed E-state index contributed by atoms with van der Waals surface area (Å²) in [5.74, 6) is -0.0456. The second kappa shape index (κ2) is 7.98. The minimum absolute atomic E-state index is 0.0652. The van der Waals surface area contributed by atoms with Crippen molar-refractivity contribution in [3.63, 3.8) is 0 Å². The fourth-order valence-corrected chi connectivity index (χ4v) is 2.10. The maximum atomic E-state index is 11.9. The minimum atomic E-state index is -0.584. The van der Waals surface area contributed by atoms with Gasteiger partial charge >= 0.3 is 5.97 Å². The number of hydrogen-bond acceptors (Lipinski definition) is 5. The maximum Gasteiger partial charge on any atom is 0.360 e. The molecule has 0 unspecified atom stereocenters. The number of aryl methyl sites for hydroxylation is 1. The molecule has 0 aliphatic carbocycles. The van der Waals surface area contributed by atoms with Gasteiger partial charge in [0.05, 0.1) is 12.7 Å². The van der Waals surface area contributed by atoms with E-state index in [0.717, 1.165) is 11.1 Å². The zero-order valence-electron chi connectivity index (χ0n) is 13.4. The standard InChI is InChI=1S/C18H19NO4/c1-13-8-4-5-9-14(13)12-23-16-11-7-6-10-15(16)17(19-22-3)18(20)21-2/h4-11H,12H2,1-3H3. The number of methoxy groups -OCH3 is 1. The second-order valence-corrected chi connectivity index (χ2v) is 4.83. The molecule has 2 aromatic carbocycles. The third-order valence-electron chi connectivity index (χ3n) is 3.35. The smallest absolute Gasteiger partial charge is 0.360 e. The third-order valence-corrected chi connectivity index (χ3v) is 3.35. The summed E-state index contributed by atoms with van der Waals surface area (Å²) in [7, 11) is 2.67. The molecule has 5 heteroatoms. The van der Waals surface area contributed by atoms with Crippen LogP contribution >= 0.6 is 0 Å². The van der Waals surface area contributed by atoms with Crippen molar-refractivity contribution in [3.8, 4) is 5.75 Å². The van der Waals surface area contributed by atoms with Crippen molar-refractivity contribution in [2.75, 3.05) is 14.2 Å². The van der Waals surface area contributed by atoms with E-state index >= 15 is 0 Å². The minimum Gasteiger partial charge on any atom is -0.488 e. The van der Waals surface area contributed by atoms with E-state index in [-0.39, 0.29) is 5.71 Å². The van der Waals surface area contributed by atoms with Crippen LogP contribution in [-0.4, -0.2) is 25.9 Å². The zero-order valence-corrected chi connectivity index (χ0v) is 13.4. The van der Waals surface area contributed by atoms with Crippen LogP contribution in [0, 0.1) is 6.92 Å². The molecule has 0 heterocycles. The van der Waals surface area contributed by atoms with Crippen LogP contribution in [0.1, 0.15) is 16.7 Å². The predicted octanol–water partition coefficient (Wildman–Crippen LogP) is 3.10. The molecular formula is C18H19NO4. The summed E-state index contributed by atoms with van der Waals surface area (Å²) in [6.45, 7) is 2.42. The third kappa shape index (κ3) is 4.10. The van der Waals surface area contributed by atoms with Gasteiger partial charge in [0.15, 0.2) is 5.71 Å². The van der Waals surface area contributed by atoms with Crippen LogP contribution in [0.25, 0.3) is 0 Å². The van der Waals surface area contributed by atoms with Gasteiger partial charge in [-0.2, -0.15) is 0 Å². The number of carbonyl (C=O) groups excluding carboxylic acids is 1. The summed E-state index contributed by atoms with van der Waals surface area (Å²) in [6.07, 6.45) is 0. The Bertz CT molecular complexity index is 710. The van der Waals surface area contributed by atoms with Crippen molar-refractivity contribution in [2.45, 2.75) is 13.5 Å². The average molecular weight is 313 g/mol. The molecule has 0 bridgehead atoms. The van der Waals surface area contributed by atoms with Crippen molar-refractivity contribution in [1.29, 1.82) is 0 Å². The van der Waals surface area contributed by atoms with Crippen molar-refractivity contribution >= 4 is 11.7 Å². The van der Waals surface area contributed by atoms with Gasteiger partial charge in [0.2, 0.25) is 0 Å². The summed E-state index contributed by atoms with van der Waals surface area (Å²) in [6, 6.07) is 15.1. The van der Waals surface area contributed by atoms with E-state index in [4.69, 9.17) is 14.3 Å². The predicted molar refractivity (Wildman–Crippen MR) is 87.5 cm³/mol. The number of ether oxygens (including phenoxy) is 2. The topological polar surface area (TPSA) is 57.1 Å². The first kappa shape index (κ1) is 16.5. The number of para-hydroxylation sites is 1. The lowest BCUT2D eigenvalue weighted by Gasteiger charge is -2.13. The summed E-state index contributed by atoms with van der Waals surface area (Å²) in [4.78, 5) is 16.6. The molecule has 0 aliphatic rings. The average Bonchev–Trinajstić information content (AvgIpc) is 2.59. The molecule has 0 saturated heterocycles. The SMILES string of the molecule is CON=C(C(=O)OC)c1ccccc1OCc1ccccc1C. The Balaban J connectivity index is 2.28. The van der Waals surface area contributed by atoms with Crippen LogP contribution in [-0.2, 0) is 21.0 Å².